The van der Waals surface area contributed by atoms with Crippen LogP contribution in [0.5, 0.6) is 0 Å². The van der Waals surface area contributed by atoms with Gasteiger partial charge in [-0.1, -0.05) is 124 Å². The van der Waals surface area contributed by atoms with Crippen molar-refractivity contribution in [3.8, 4) is 24.3 Å². The van der Waals surface area contributed by atoms with E-state index in [9.17, 15) is 14.0 Å². The first kappa shape index (κ1) is 57.4. The molecule has 378 valence electrons. The van der Waals surface area contributed by atoms with Crippen LogP contribution in [0, 0.1) is 68.9 Å². The number of carbonyl (C=O) groups is 2. The first-order chi connectivity index (χ1) is 35.3. The van der Waals surface area contributed by atoms with Crippen molar-refractivity contribution in [1.29, 1.82) is 21.0 Å². The highest BCUT2D eigenvalue weighted by molar-refractivity contribution is 9.10. The third-order valence-corrected chi connectivity index (χ3v) is 14.0. The van der Waals surface area contributed by atoms with Crippen molar-refractivity contribution < 1.29 is 14.0 Å². The summed E-state index contributed by atoms with van der Waals surface area (Å²) in [5, 5.41) is 37.8. The Bertz CT molecular complexity index is 2790. The molecule has 0 aromatic heterocycles. The topological polar surface area (TPSA) is 160 Å². The maximum Gasteiger partial charge on any atom is 0.328 e. The number of nitrogens with zero attached hydrogens (tertiary/aromatic N) is 7. The van der Waals surface area contributed by atoms with Crippen molar-refractivity contribution in [2.24, 2.45) is 22.7 Å². The highest BCUT2D eigenvalue weighted by Gasteiger charge is 2.53. The zero-order chi connectivity index (χ0) is 52.6. The Balaban J connectivity index is 0.000000222. The van der Waals surface area contributed by atoms with Crippen LogP contribution >= 0.6 is 31.9 Å². The highest BCUT2D eigenvalue weighted by Crippen LogP contribution is 2.39. The van der Waals surface area contributed by atoms with Crippen molar-refractivity contribution >= 4 is 55.7 Å². The van der Waals surface area contributed by atoms with Gasteiger partial charge < -0.3 is 0 Å². The van der Waals surface area contributed by atoms with Crippen LogP contribution < -0.4 is 10.2 Å². The molecule has 1 spiro atoms. The van der Waals surface area contributed by atoms with Crippen LogP contribution in [0.2, 0.25) is 0 Å². The Labute approximate surface area is 448 Å². The second-order valence-corrected chi connectivity index (χ2v) is 21.0. The second-order valence-electron chi connectivity index (χ2n) is 19.1. The lowest BCUT2D eigenvalue weighted by Gasteiger charge is -2.44. The van der Waals surface area contributed by atoms with Gasteiger partial charge in [-0.2, -0.15) is 21.0 Å². The van der Waals surface area contributed by atoms with Gasteiger partial charge in [0.2, 0.25) is 0 Å². The fourth-order valence-corrected chi connectivity index (χ4v) is 10.2. The molecule has 2 amide bonds. The van der Waals surface area contributed by atoms with Gasteiger partial charge in [0.15, 0.2) is 0 Å². The van der Waals surface area contributed by atoms with E-state index in [1.165, 1.54) is 53.6 Å². The summed E-state index contributed by atoms with van der Waals surface area (Å²) >= 11 is 6.76. The molecule has 0 radical (unpaired) electrons. The lowest BCUT2D eigenvalue weighted by Crippen LogP contribution is -2.57. The van der Waals surface area contributed by atoms with Crippen molar-refractivity contribution in [1.82, 2.24) is 10.2 Å². The number of piperidine rings is 1. The number of amides is 2. The fraction of sp³-hybridized carbons (Fsp3) is 0.383. The van der Waals surface area contributed by atoms with Crippen LogP contribution in [0.25, 0.3) is 0 Å². The number of halogens is 3. The van der Waals surface area contributed by atoms with Crippen LogP contribution in [0.4, 0.5) is 14.9 Å². The summed E-state index contributed by atoms with van der Waals surface area (Å²) in [7, 11) is 0. The summed E-state index contributed by atoms with van der Waals surface area (Å²) in [5.41, 5.74) is 6.55. The summed E-state index contributed by atoms with van der Waals surface area (Å²) in [4.78, 5) is 33.1. The van der Waals surface area contributed by atoms with E-state index in [0.717, 1.165) is 91.2 Å². The zero-order valence-electron chi connectivity index (χ0n) is 42.1. The molecule has 3 unspecified atom stereocenters. The van der Waals surface area contributed by atoms with Gasteiger partial charge in [0, 0.05) is 64.0 Å². The van der Waals surface area contributed by atoms with Crippen LogP contribution in [-0.2, 0) is 32.2 Å². The molecule has 1 N–H and O–H groups in total. The number of likely N-dealkylation sites (tertiary alicyclic amines) is 1. The minimum absolute atomic E-state index is 0.00176. The summed E-state index contributed by atoms with van der Waals surface area (Å²) in [6.07, 6.45) is 11.7. The number of carbonyl (C=O) groups excluding carboxylic acids is 2. The molecule has 3 aliphatic rings. The maximum atomic E-state index is 14.2. The van der Waals surface area contributed by atoms with Gasteiger partial charge in [-0.25, -0.2) is 9.18 Å². The average Bonchev–Trinajstić information content (AvgIpc) is 3.65. The van der Waals surface area contributed by atoms with Gasteiger partial charge >= 0.3 is 6.03 Å². The number of hydrogen-bond acceptors (Lipinski definition) is 8. The molecule has 0 bridgehead atoms. The number of rotatable bonds is 13. The predicted molar refractivity (Wildman–Crippen MR) is 295 cm³/mol. The smallest absolute Gasteiger partial charge is 0.299 e. The monoisotopic (exact) mass is 1110 g/mol. The predicted octanol–water partition coefficient (Wildman–Crippen LogP) is 14.1. The SMILES string of the molecule is CC(C#N)Cc1cccc(Br)c1.CC(C#N)Cc1cccc(C=O)c1.CC(C#N)Cc1cccc(CN2CCC3(CC2)C(=NC2CCCCC2)NC(=O)N3c2cccc(F)c2)c1.N#CCCc1cccc(Br)c1. The Morgan fingerprint density at radius 3 is 1.78 bits per heavy atom. The molecule has 1 aliphatic carbocycles. The number of hydrogen-bond donors (Lipinski definition) is 1. The molecule has 5 aromatic carbocycles. The minimum Gasteiger partial charge on any atom is -0.299 e. The molecule has 3 fully saturated rings. The van der Waals surface area contributed by atoms with E-state index in [4.69, 9.17) is 26.0 Å². The van der Waals surface area contributed by atoms with Gasteiger partial charge in [0.05, 0.1) is 30.3 Å². The van der Waals surface area contributed by atoms with Crippen molar-refractivity contribution in [3.05, 3.63) is 169 Å². The number of anilines is 1. The van der Waals surface area contributed by atoms with E-state index < -0.39 is 5.54 Å². The largest absolute Gasteiger partial charge is 0.328 e. The number of benzene rings is 5. The molecule has 5 aromatic rings. The number of nitrogens with one attached hydrogen (secondary N) is 1. The normalized spacial score (nSPS) is 16.7. The van der Waals surface area contributed by atoms with E-state index in [1.54, 1.807) is 17.0 Å². The molecular formula is C60H65Br2FN8O2. The molecule has 1 saturated carbocycles. The number of amidine groups is 1. The fourth-order valence-electron chi connectivity index (χ4n) is 9.30. The standard InChI is InChI=1S/C30H36FN5O.C11H11NO.C10H10BrN.C9H8BrN/c1-22(20-32)17-23-7-5-8-24(18-23)21-35-15-13-30(14-16-35)28(33-26-10-3-2-4-11-26)34-29(37)36(30)27-12-6-9-25(31)19-27;1-9(7-12)5-10-3-2-4-11(6-10)8-13;1-8(7-12)5-9-3-2-4-10(11)6-9;10-9-5-1-3-8(7-9)4-2-6-11/h5-9,12,18-19,22,26H,2-4,10-11,13-17,21H2,1H3,(H,33,34,37);2-4,6,8-9H,5H2,1H3;2-4,6,8H,5H2,1H3;1,3,5,7H,2,4H2. The van der Waals surface area contributed by atoms with Crippen LogP contribution in [0.15, 0.2) is 135 Å². The van der Waals surface area contributed by atoms with E-state index in [1.807, 2.05) is 93.6 Å². The second kappa shape index (κ2) is 29.9. The van der Waals surface area contributed by atoms with Gasteiger partial charge in [-0.15, -0.1) is 0 Å². The Kier molecular flexibility index (Phi) is 23.5. The van der Waals surface area contributed by atoms with Gasteiger partial charge in [-0.3, -0.25) is 24.9 Å². The lowest BCUT2D eigenvalue weighted by molar-refractivity contribution is 0.112. The Hall–Kier alpha value is -6.48. The van der Waals surface area contributed by atoms with Crippen molar-refractivity contribution in [2.75, 3.05) is 18.0 Å². The molecule has 8 rings (SSSR count). The molecule has 2 heterocycles. The van der Waals surface area contributed by atoms with Crippen LogP contribution in [-0.4, -0.2) is 47.7 Å². The van der Waals surface area contributed by atoms with Gasteiger partial charge in [-0.05, 0) is 148 Å². The number of aliphatic imine (C=N–C) groups is 1. The number of urea groups is 1. The number of aryl methyl sites for hydroxylation is 1. The Morgan fingerprint density at radius 1 is 0.699 bits per heavy atom. The summed E-state index contributed by atoms with van der Waals surface area (Å²) in [6.45, 7) is 8.19. The molecule has 13 heteroatoms. The molecule has 2 aliphatic heterocycles. The van der Waals surface area contributed by atoms with Crippen LogP contribution in [0.3, 0.4) is 0 Å². The number of nitriles is 4. The highest BCUT2D eigenvalue weighted by atomic mass is 79.9. The zero-order valence-corrected chi connectivity index (χ0v) is 45.3. The molecule has 2 saturated heterocycles. The maximum absolute atomic E-state index is 14.2. The van der Waals surface area contributed by atoms with E-state index in [2.05, 4.69) is 90.6 Å². The molecule has 3 atom stereocenters. The minimum atomic E-state index is -0.580. The lowest BCUT2D eigenvalue weighted by atomic mass is 9.84. The van der Waals surface area contributed by atoms with Crippen molar-refractivity contribution in [2.45, 2.75) is 116 Å². The molecule has 73 heavy (non-hydrogen) atoms. The van der Waals surface area contributed by atoms with E-state index in [0.29, 0.717) is 24.1 Å². The Morgan fingerprint density at radius 2 is 1.22 bits per heavy atom. The number of aldehydes is 1. The average molecular weight is 1110 g/mol. The van der Waals surface area contributed by atoms with E-state index in [-0.39, 0.29) is 35.6 Å². The van der Waals surface area contributed by atoms with Crippen LogP contribution in [0.1, 0.15) is 110 Å². The van der Waals surface area contributed by atoms with Gasteiger partial charge in [0.25, 0.3) is 0 Å². The summed E-state index contributed by atoms with van der Waals surface area (Å²) in [5.74, 6) is 0.510. The summed E-state index contributed by atoms with van der Waals surface area (Å²) < 4.78 is 16.3. The van der Waals surface area contributed by atoms with Gasteiger partial charge in [0.1, 0.15) is 23.5 Å². The third-order valence-electron chi connectivity index (χ3n) is 13.0. The molecular weight excluding hydrogens is 1040 g/mol. The molecule has 10 nitrogen and oxygen atoms in total. The first-order valence-electron chi connectivity index (χ1n) is 25.1. The third kappa shape index (κ3) is 18.5. The van der Waals surface area contributed by atoms with E-state index >= 15 is 0 Å². The summed E-state index contributed by atoms with van der Waals surface area (Å²) in [6, 6.07) is 47.1. The quantitative estimate of drug-likeness (QED) is 0.115. The first-order valence-corrected chi connectivity index (χ1v) is 26.7. The van der Waals surface area contributed by atoms with Crippen molar-refractivity contribution in [3.63, 3.8) is 0 Å².